The Labute approximate surface area is 84.4 Å². The topological polar surface area (TPSA) is 50.4 Å². The summed E-state index contributed by atoms with van der Waals surface area (Å²) in [4.78, 5) is 11.3. The van der Waals surface area contributed by atoms with Gasteiger partial charge in [-0.2, -0.15) is 0 Å². The highest BCUT2D eigenvalue weighted by atomic mass is 16.5. The fourth-order valence-electron chi connectivity index (χ4n) is 2.08. The zero-order chi connectivity index (χ0) is 10.0. The molecule has 0 bridgehead atoms. The number of nitrogens with one attached hydrogen (secondary N) is 2. The van der Waals surface area contributed by atoms with Gasteiger partial charge in [-0.15, -0.1) is 0 Å². The molecule has 0 radical (unpaired) electrons. The molecule has 2 fully saturated rings. The summed E-state index contributed by atoms with van der Waals surface area (Å²) in [6.07, 6.45) is 2.87. The first-order valence-corrected chi connectivity index (χ1v) is 5.42. The normalized spacial score (nSPS) is 33.6. The van der Waals surface area contributed by atoms with Crippen LogP contribution in [0.2, 0.25) is 0 Å². The first kappa shape index (κ1) is 9.77. The van der Waals surface area contributed by atoms with Crippen LogP contribution in [-0.4, -0.2) is 31.3 Å². The number of amides is 1. The molecule has 1 aliphatic carbocycles. The average Bonchev–Trinajstić information content (AvgIpc) is 2.68. The molecular formula is C10H18N2O2. The van der Waals surface area contributed by atoms with Crippen molar-refractivity contribution in [2.24, 2.45) is 5.92 Å². The van der Waals surface area contributed by atoms with Crippen molar-refractivity contribution < 1.29 is 9.53 Å². The SMILES string of the molecule is CCCCOC(=O)NC12CNCC1C2. The first-order chi connectivity index (χ1) is 6.77. The lowest BCUT2D eigenvalue weighted by Crippen LogP contribution is -2.41. The van der Waals surface area contributed by atoms with E-state index in [1.54, 1.807) is 0 Å². The molecule has 4 heteroatoms. The Hall–Kier alpha value is -0.770. The molecular weight excluding hydrogens is 180 g/mol. The maximum atomic E-state index is 11.3. The van der Waals surface area contributed by atoms with Crippen LogP contribution < -0.4 is 10.6 Å². The Bertz CT molecular complexity index is 232. The van der Waals surface area contributed by atoms with E-state index in [0.29, 0.717) is 12.5 Å². The van der Waals surface area contributed by atoms with Gasteiger partial charge in [0.05, 0.1) is 12.1 Å². The van der Waals surface area contributed by atoms with E-state index in [1.165, 1.54) is 0 Å². The van der Waals surface area contributed by atoms with Crippen LogP contribution in [0.1, 0.15) is 26.2 Å². The second kappa shape index (κ2) is 3.77. The molecule has 0 aromatic heterocycles. The van der Waals surface area contributed by atoms with Crippen molar-refractivity contribution >= 4 is 6.09 Å². The minimum Gasteiger partial charge on any atom is -0.450 e. The Morgan fingerprint density at radius 1 is 1.71 bits per heavy atom. The van der Waals surface area contributed by atoms with Crippen molar-refractivity contribution in [3.8, 4) is 0 Å². The molecule has 2 aliphatic rings. The molecule has 1 amide bonds. The van der Waals surface area contributed by atoms with E-state index in [-0.39, 0.29) is 11.6 Å². The van der Waals surface area contributed by atoms with Crippen molar-refractivity contribution in [3.63, 3.8) is 0 Å². The number of alkyl carbamates (subject to hydrolysis) is 1. The van der Waals surface area contributed by atoms with Crippen molar-refractivity contribution in [2.75, 3.05) is 19.7 Å². The zero-order valence-corrected chi connectivity index (χ0v) is 8.64. The van der Waals surface area contributed by atoms with E-state index in [0.717, 1.165) is 32.4 Å². The number of rotatable bonds is 4. The number of unbranched alkanes of at least 4 members (excludes halogenated alkanes) is 1. The zero-order valence-electron chi connectivity index (χ0n) is 8.64. The summed E-state index contributed by atoms with van der Waals surface area (Å²) in [5, 5.41) is 6.23. The van der Waals surface area contributed by atoms with Gasteiger partial charge in [-0.1, -0.05) is 13.3 Å². The Kier molecular flexibility index (Phi) is 2.63. The summed E-state index contributed by atoms with van der Waals surface area (Å²) in [6.45, 7) is 4.56. The smallest absolute Gasteiger partial charge is 0.407 e. The monoisotopic (exact) mass is 198 g/mol. The third-order valence-electron chi connectivity index (χ3n) is 3.15. The number of hydrogen-bond donors (Lipinski definition) is 2. The van der Waals surface area contributed by atoms with Gasteiger partial charge in [-0.3, -0.25) is 0 Å². The molecule has 1 heterocycles. The largest absolute Gasteiger partial charge is 0.450 e. The number of piperidine rings is 1. The average molecular weight is 198 g/mol. The summed E-state index contributed by atoms with van der Waals surface area (Å²) in [7, 11) is 0. The van der Waals surface area contributed by atoms with Crippen LogP contribution in [0.5, 0.6) is 0 Å². The van der Waals surface area contributed by atoms with E-state index in [2.05, 4.69) is 17.6 Å². The van der Waals surface area contributed by atoms with Crippen LogP contribution in [0.4, 0.5) is 4.79 Å². The van der Waals surface area contributed by atoms with Crippen LogP contribution in [0.15, 0.2) is 0 Å². The van der Waals surface area contributed by atoms with E-state index in [4.69, 9.17) is 4.74 Å². The number of fused-ring (bicyclic) bond motifs is 1. The quantitative estimate of drug-likeness (QED) is 0.659. The van der Waals surface area contributed by atoms with E-state index >= 15 is 0 Å². The molecule has 0 spiro atoms. The fourth-order valence-corrected chi connectivity index (χ4v) is 2.08. The van der Waals surface area contributed by atoms with Gasteiger partial charge < -0.3 is 15.4 Å². The van der Waals surface area contributed by atoms with Gasteiger partial charge in [-0.25, -0.2) is 4.79 Å². The molecule has 0 aromatic rings. The molecule has 0 aromatic carbocycles. The minimum absolute atomic E-state index is 0.0449. The van der Waals surface area contributed by atoms with Crippen LogP contribution in [0.25, 0.3) is 0 Å². The van der Waals surface area contributed by atoms with E-state index in [9.17, 15) is 4.79 Å². The lowest BCUT2D eigenvalue weighted by Gasteiger charge is -2.14. The molecule has 2 N–H and O–H groups in total. The van der Waals surface area contributed by atoms with Crippen molar-refractivity contribution in [2.45, 2.75) is 31.7 Å². The number of ether oxygens (including phenoxy) is 1. The molecule has 2 unspecified atom stereocenters. The molecule has 1 saturated carbocycles. The molecule has 4 nitrogen and oxygen atoms in total. The standard InChI is InChI=1S/C10H18N2O2/c1-2-3-4-14-9(13)12-10-5-8(10)6-11-7-10/h8,11H,2-7H2,1H3,(H,12,13). The summed E-state index contributed by atoms with van der Waals surface area (Å²) in [5.74, 6) is 0.640. The van der Waals surface area contributed by atoms with Gasteiger partial charge in [0, 0.05) is 13.1 Å². The van der Waals surface area contributed by atoms with Crippen molar-refractivity contribution in [3.05, 3.63) is 0 Å². The second-order valence-electron chi connectivity index (χ2n) is 4.30. The van der Waals surface area contributed by atoms with Gasteiger partial charge in [-0.05, 0) is 18.8 Å². The number of hydrogen-bond acceptors (Lipinski definition) is 3. The predicted molar refractivity (Wildman–Crippen MR) is 53.1 cm³/mol. The third kappa shape index (κ3) is 1.85. The minimum atomic E-state index is -0.246. The lowest BCUT2D eigenvalue weighted by atomic mass is 10.2. The second-order valence-corrected chi connectivity index (χ2v) is 4.30. The van der Waals surface area contributed by atoms with E-state index in [1.807, 2.05) is 0 Å². The van der Waals surface area contributed by atoms with Gasteiger partial charge in [0.25, 0.3) is 0 Å². The van der Waals surface area contributed by atoms with Gasteiger partial charge in [0.2, 0.25) is 0 Å². The Morgan fingerprint density at radius 3 is 3.14 bits per heavy atom. The van der Waals surface area contributed by atoms with Crippen molar-refractivity contribution in [1.29, 1.82) is 0 Å². The highest BCUT2D eigenvalue weighted by Gasteiger charge is 2.58. The molecule has 14 heavy (non-hydrogen) atoms. The molecule has 1 aliphatic heterocycles. The van der Waals surface area contributed by atoms with Crippen LogP contribution in [0.3, 0.4) is 0 Å². The van der Waals surface area contributed by atoms with Crippen molar-refractivity contribution in [1.82, 2.24) is 10.6 Å². The maximum absolute atomic E-state index is 11.3. The number of carbonyl (C=O) groups is 1. The summed E-state index contributed by atoms with van der Waals surface area (Å²) in [6, 6.07) is 0. The van der Waals surface area contributed by atoms with Gasteiger partial charge in [0.1, 0.15) is 0 Å². The highest BCUT2D eigenvalue weighted by Crippen LogP contribution is 2.45. The molecule has 2 rings (SSSR count). The summed E-state index contributed by atoms with van der Waals surface area (Å²) in [5.41, 5.74) is 0.0449. The third-order valence-corrected chi connectivity index (χ3v) is 3.15. The fraction of sp³-hybridized carbons (Fsp3) is 0.900. The summed E-state index contributed by atoms with van der Waals surface area (Å²) >= 11 is 0. The predicted octanol–water partition coefficient (Wildman–Crippen LogP) is 0.875. The van der Waals surface area contributed by atoms with Crippen LogP contribution >= 0.6 is 0 Å². The highest BCUT2D eigenvalue weighted by molar-refractivity contribution is 5.69. The van der Waals surface area contributed by atoms with Gasteiger partial charge in [0.15, 0.2) is 0 Å². The molecule has 80 valence electrons. The van der Waals surface area contributed by atoms with Crippen LogP contribution in [-0.2, 0) is 4.74 Å². The van der Waals surface area contributed by atoms with E-state index < -0.39 is 0 Å². The first-order valence-electron chi connectivity index (χ1n) is 5.42. The van der Waals surface area contributed by atoms with Crippen LogP contribution in [0, 0.1) is 5.92 Å². The number of carbonyl (C=O) groups excluding carboxylic acids is 1. The molecule has 1 saturated heterocycles. The maximum Gasteiger partial charge on any atom is 0.407 e. The molecule has 2 atom stereocenters. The lowest BCUT2D eigenvalue weighted by molar-refractivity contribution is 0.139. The Morgan fingerprint density at radius 2 is 2.57 bits per heavy atom. The summed E-state index contributed by atoms with van der Waals surface area (Å²) < 4.78 is 5.06. The Balaban J connectivity index is 1.68. The van der Waals surface area contributed by atoms with Gasteiger partial charge >= 0.3 is 6.09 Å².